The van der Waals surface area contributed by atoms with Gasteiger partial charge < -0.3 is 4.74 Å². The standard InChI is InChI=1S/C58H34O/c1-3-15-39-35(13-1)27-31-51-55(39)59-56-40-16-4-2-14-36(40)28-32-52(56)58(51)50-24-12-8-20-44(50)46-30-26-38(34-54(46)58)37-25-29-45-43-19-7-11-23-49(43)57(53(45)33-37)47-21-9-5-17-41(47)42-18-6-10-22-48(42)57/h1-34H. The van der Waals surface area contributed by atoms with Crippen LogP contribution in [0.15, 0.2) is 206 Å². The predicted octanol–water partition coefficient (Wildman–Crippen LogP) is 14.5. The summed E-state index contributed by atoms with van der Waals surface area (Å²) >= 11 is 0. The lowest BCUT2D eigenvalue weighted by Gasteiger charge is -2.40. The third-order valence-corrected chi connectivity index (χ3v) is 14.1. The Morgan fingerprint density at radius 2 is 0.593 bits per heavy atom. The zero-order valence-corrected chi connectivity index (χ0v) is 32.0. The van der Waals surface area contributed by atoms with Crippen molar-refractivity contribution in [1.29, 1.82) is 0 Å². The summed E-state index contributed by atoms with van der Waals surface area (Å²) in [7, 11) is 0. The summed E-state index contributed by atoms with van der Waals surface area (Å²) in [6.45, 7) is 0. The molecule has 0 bridgehead atoms. The number of rotatable bonds is 1. The normalized spacial score (nSPS) is 14.8. The van der Waals surface area contributed by atoms with Gasteiger partial charge in [-0.3, -0.25) is 0 Å². The van der Waals surface area contributed by atoms with E-state index in [4.69, 9.17) is 4.74 Å². The van der Waals surface area contributed by atoms with Gasteiger partial charge in [0.25, 0.3) is 0 Å². The minimum absolute atomic E-state index is 0.399. The topological polar surface area (TPSA) is 9.23 Å². The van der Waals surface area contributed by atoms with Crippen molar-refractivity contribution >= 4 is 21.5 Å². The van der Waals surface area contributed by atoms with Crippen molar-refractivity contribution in [3.63, 3.8) is 0 Å². The van der Waals surface area contributed by atoms with E-state index in [1.54, 1.807) is 0 Å². The Labute approximate surface area is 342 Å². The fourth-order valence-electron chi connectivity index (χ4n) is 11.9. The highest BCUT2D eigenvalue weighted by Crippen LogP contribution is 2.66. The molecule has 1 aliphatic heterocycles. The molecule has 0 N–H and O–H groups in total. The average molecular weight is 747 g/mol. The first-order valence-corrected chi connectivity index (χ1v) is 20.7. The van der Waals surface area contributed by atoms with Gasteiger partial charge in [-0.15, -0.1) is 0 Å². The monoisotopic (exact) mass is 746 g/mol. The smallest absolute Gasteiger partial charge is 0.140 e. The first-order chi connectivity index (χ1) is 29.3. The Morgan fingerprint density at radius 1 is 0.254 bits per heavy atom. The maximum Gasteiger partial charge on any atom is 0.140 e. The third kappa shape index (κ3) is 3.73. The fraction of sp³-hybridized carbons (Fsp3) is 0.0345. The molecule has 0 fully saturated rings. The maximum absolute atomic E-state index is 7.23. The lowest BCUT2D eigenvalue weighted by atomic mass is 9.65. The molecule has 59 heavy (non-hydrogen) atoms. The van der Waals surface area contributed by atoms with E-state index >= 15 is 0 Å². The summed E-state index contributed by atoms with van der Waals surface area (Å²) < 4.78 is 7.23. The van der Waals surface area contributed by atoms with Crippen LogP contribution in [0.4, 0.5) is 0 Å². The highest BCUT2D eigenvalue weighted by molar-refractivity contribution is 6.01. The van der Waals surface area contributed by atoms with Gasteiger partial charge in [-0.25, -0.2) is 0 Å². The molecule has 1 heterocycles. The van der Waals surface area contributed by atoms with E-state index in [1.807, 2.05) is 0 Å². The maximum atomic E-state index is 7.23. The Bertz CT molecular complexity index is 3350. The molecule has 0 aromatic heterocycles. The lowest BCUT2D eigenvalue weighted by molar-refractivity contribution is 0.447. The van der Waals surface area contributed by atoms with Gasteiger partial charge in [0.05, 0.1) is 10.8 Å². The van der Waals surface area contributed by atoms with Gasteiger partial charge >= 0.3 is 0 Å². The molecule has 0 atom stereocenters. The quantitative estimate of drug-likeness (QED) is 0.163. The molecular weight excluding hydrogens is 713 g/mol. The van der Waals surface area contributed by atoms with Crippen molar-refractivity contribution in [1.82, 2.24) is 0 Å². The highest BCUT2D eigenvalue weighted by Gasteiger charge is 2.53. The largest absolute Gasteiger partial charge is 0.455 e. The first-order valence-electron chi connectivity index (χ1n) is 20.7. The summed E-state index contributed by atoms with van der Waals surface area (Å²) in [5.74, 6) is 1.88. The number of benzene rings is 10. The van der Waals surface area contributed by atoms with Crippen LogP contribution in [0.25, 0.3) is 66.1 Å². The van der Waals surface area contributed by atoms with Gasteiger partial charge in [-0.2, -0.15) is 0 Å². The van der Waals surface area contributed by atoms with E-state index in [-0.39, 0.29) is 0 Å². The molecule has 3 aliphatic carbocycles. The zero-order valence-electron chi connectivity index (χ0n) is 32.0. The van der Waals surface area contributed by atoms with Crippen molar-refractivity contribution < 1.29 is 4.74 Å². The Morgan fingerprint density at radius 3 is 1.02 bits per heavy atom. The first kappa shape index (κ1) is 31.6. The van der Waals surface area contributed by atoms with Crippen LogP contribution in [0.3, 0.4) is 0 Å². The molecule has 1 nitrogen and oxygen atoms in total. The SMILES string of the molecule is c1ccc2c(c1)-c1ccccc1C21c2ccccc2-c2ccc(-c3ccc4c(c3)C3(c5ccccc5-4)c4ccc5ccccc5c4Oc4c3ccc3ccccc43)cc21. The Kier molecular flexibility index (Phi) is 5.96. The molecule has 0 radical (unpaired) electrons. The second-order valence-electron chi connectivity index (χ2n) is 16.6. The van der Waals surface area contributed by atoms with Crippen LogP contribution in [0.1, 0.15) is 44.5 Å². The predicted molar refractivity (Wildman–Crippen MR) is 241 cm³/mol. The number of ether oxygens (including phenoxy) is 1. The highest BCUT2D eigenvalue weighted by atomic mass is 16.5. The second kappa shape index (κ2) is 11.1. The molecule has 14 rings (SSSR count). The van der Waals surface area contributed by atoms with Crippen LogP contribution in [0, 0.1) is 0 Å². The molecule has 0 unspecified atom stereocenters. The Hall–Kier alpha value is -7.48. The summed E-state index contributed by atoms with van der Waals surface area (Å²) in [5, 5.41) is 4.61. The molecule has 0 saturated heterocycles. The molecule has 10 aromatic rings. The molecule has 0 amide bonds. The molecule has 272 valence electrons. The van der Waals surface area contributed by atoms with Crippen molar-refractivity contribution in [3.05, 3.63) is 251 Å². The zero-order chi connectivity index (χ0) is 38.5. The van der Waals surface area contributed by atoms with Crippen LogP contribution >= 0.6 is 0 Å². The molecule has 0 saturated carbocycles. The van der Waals surface area contributed by atoms with Gasteiger partial charge in [0.1, 0.15) is 11.5 Å². The van der Waals surface area contributed by atoms with Crippen LogP contribution < -0.4 is 4.74 Å². The van der Waals surface area contributed by atoms with Gasteiger partial charge in [0, 0.05) is 21.9 Å². The van der Waals surface area contributed by atoms with Crippen molar-refractivity contribution in [2.75, 3.05) is 0 Å². The summed E-state index contributed by atoms with van der Waals surface area (Å²) in [6.07, 6.45) is 0. The second-order valence-corrected chi connectivity index (χ2v) is 16.6. The average Bonchev–Trinajstić information content (AvgIpc) is 3.89. The fourth-order valence-corrected chi connectivity index (χ4v) is 11.9. The van der Waals surface area contributed by atoms with Crippen LogP contribution in [-0.4, -0.2) is 0 Å². The third-order valence-electron chi connectivity index (χ3n) is 14.1. The van der Waals surface area contributed by atoms with Gasteiger partial charge in [-0.1, -0.05) is 194 Å². The van der Waals surface area contributed by atoms with Gasteiger partial charge in [0.2, 0.25) is 0 Å². The van der Waals surface area contributed by atoms with Crippen molar-refractivity contribution in [2.45, 2.75) is 10.8 Å². The molecular formula is C58H34O. The van der Waals surface area contributed by atoms with Crippen LogP contribution in [0.2, 0.25) is 0 Å². The minimum Gasteiger partial charge on any atom is -0.455 e. The van der Waals surface area contributed by atoms with E-state index in [2.05, 4.69) is 206 Å². The van der Waals surface area contributed by atoms with E-state index in [1.165, 1.54) is 99.8 Å². The van der Waals surface area contributed by atoms with Crippen molar-refractivity contribution in [3.8, 4) is 56.0 Å². The van der Waals surface area contributed by atoms with E-state index in [0.29, 0.717) is 0 Å². The summed E-state index contributed by atoms with van der Waals surface area (Å²) in [5.41, 5.74) is 19.7. The van der Waals surface area contributed by atoms with Crippen molar-refractivity contribution in [2.24, 2.45) is 0 Å². The van der Waals surface area contributed by atoms with Crippen LogP contribution in [0.5, 0.6) is 11.5 Å². The molecule has 1 heteroatoms. The van der Waals surface area contributed by atoms with E-state index in [9.17, 15) is 0 Å². The number of hydrogen-bond donors (Lipinski definition) is 0. The van der Waals surface area contributed by atoms with Gasteiger partial charge in [-0.05, 0) is 101 Å². The molecule has 2 spiro atoms. The lowest BCUT2D eigenvalue weighted by Crippen LogP contribution is -2.32. The summed E-state index contributed by atoms with van der Waals surface area (Å²) in [6, 6.07) is 77.3. The number of hydrogen-bond acceptors (Lipinski definition) is 1. The van der Waals surface area contributed by atoms with E-state index < -0.39 is 10.8 Å². The van der Waals surface area contributed by atoms with Crippen LogP contribution in [-0.2, 0) is 10.8 Å². The van der Waals surface area contributed by atoms with E-state index in [0.717, 1.165) is 22.3 Å². The minimum atomic E-state index is -0.601. The summed E-state index contributed by atoms with van der Waals surface area (Å²) in [4.78, 5) is 0. The van der Waals surface area contributed by atoms with Gasteiger partial charge in [0.15, 0.2) is 0 Å². The Balaban J connectivity index is 1.06. The molecule has 4 aliphatic rings. The molecule has 10 aromatic carbocycles. The number of fused-ring (bicyclic) bond motifs is 23.